The first kappa shape index (κ1) is 26.5. The van der Waals surface area contributed by atoms with Gasteiger partial charge in [-0.2, -0.15) is 0 Å². The van der Waals surface area contributed by atoms with Crippen molar-refractivity contribution in [2.75, 3.05) is 33.3 Å². The number of rotatable bonds is 10. The number of likely N-dealkylation sites (tertiary alicyclic amines) is 1. The molecule has 2 fully saturated rings. The van der Waals surface area contributed by atoms with Gasteiger partial charge in [-0.25, -0.2) is 4.79 Å². The van der Waals surface area contributed by atoms with Crippen LogP contribution in [-0.4, -0.2) is 55.0 Å². The van der Waals surface area contributed by atoms with Crippen molar-refractivity contribution in [1.29, 1.82) is 0 Å². The summed E-state index contributed by atoms with van der Waals surface area (Å²) >= 11 is 0. The number of benzene rings is 3. The van der Waals surface area contributed by atoms with Gasteiger partial charge in [-0.3, -0.25) is 0 Å². The van der Waals surface area contributed by atoms with Crippen LogP contribution >= 0.6 is 0 Å². The van der Waals surface area contributed by atoms with E-state index in [1.165, 1.54) is 11.1 Å². The van der Waals surface area contributed by atoms with Gasteiger partial charge < -0.3 is 19.1 Å². The number of aliphatic hydroxyl groups is 1. The molecule has 0 amide bonds. The topological polar surface area (TPSA) is 55.8 Å². The summed E-state index contributed by atoms with van der Waals surface area (Å²) in [6, 6.07) is 28.0. The Morgan fingerprint density at radius 1 is 0.895 bits per heavy atom. The van der Waals surface area contributed by atoms with Crippen LogP contribution in [0, 0.1) is 5.92 Å². The maximum atomic E-state index is 13.5. The largest absolute Gasteiger partial charge is 0.493 e. The average Bonchev–Trinajstić information content (AvgIpc) is 3.63. The molecule has 0 radical (unpaired) electrons. The predicted octanol–water partition coefficient (Wildman–Crippen LogP) is 5.96. The summed E-state index contributed by atoms with van der Waals surface area (Å²) in [6.45, 7) is 3.34. The van der Waals surface area contributed by atoms with Gasteiger partial charge in [0.25, 0.3) is 0 Å². The summed E-state index contributed by atoms with van der Waals surface area (Å²) < 4.78 is 12.9. The van der Waals surface area contributed by atoms with Crippen molar-refractivity contribution in [3.8, 4) is 16.9 Å². The maximum absolute atomic E-state index is 13.5. The summed E-state index contributed by atoms with van der Waals surface area (Å²) in [4.78, 5) is 13.5. The Morgan fingerprint density at radius 2 is 1.53 bits per heavy atom. The van der Waals surface area contributed by atoms with E-state index in [2.05, 4.69) is 31.3 Å². The second-order valence-electron chi connectivity index (χ2n) is 11.3. The molecule has 0 spiro atoms. The number of quaternary nitrogens is 1. The van der Waals surface area contributed by atoms with E-state index in [0.29, 0.717) is 12.2 Å². The zero-order valence-corrected chi connectivity index (χ0v) is 22.4. The summed E-state index contributed by atoms with van der Waals surface area (Å²) in [6.07, 6.45) is 5.38. The molecule has 1 saturated heterocycles. The molecule has 1 aliphatic carbocycles. The van der Waals surface area contributed by atoms with Crippen LogP contribution in [0.2, 0.25) is 0 Å². The molecule has 0 bridgehead atoms. The average molecular weight is 515 g/mol. The van der Waals surface area contributed by atoms with E-state index in [1.54, 1.807) is 0 Å². The number of likely N-dealkylation sites (N-methyl/N-ethyl adjacent to an activating group) is 1. The molecular formula is C33H40NO4+. The standard InChI is InChI=1S/C33H40NO4/c1-34(22-10-24-37-30-19-17-27(18-20-30)26-11-4-2-5-12-26)23-21-31(25-34)38-32(35)33(36,29-15-8-9-16-29)28-13-6-3-7-14-28/h2-7,11-14,17-20,29,31,36H,8-10,15-16,21-25H2,1H3/q+1. The first-order valence-electron chi connectivity index (χ1n) is 14.1. The van der Waals surface area contributed by atoms with Gasteiger partial charge in [-0.05, 0) is 41.7 Å². The molecule has 5 heteroatoms. The molecule has 2 aliphatic rings. The molecule has 3 aromatic carbocycles. The minimum Gasteiger partial charge on any atom is -0.493 e. The Kier molecular flexibility index (Phi) is 8.15. The number of ether oxygens (including phenoxy) is 2. The van der Waals surface area contributed by atoms with E-state index in [-0.39, 0.29) is 12.0 Å². The van der Waals surface area contributed by atoms with Crippen LogP contribution in [0.5, 0.6) is 5.75 Å². The van der Waals surface area contributed by atoms with E-state index >= 15 is 0 Å². The highest BCUT2D eigenvalue weighted by Gasteiger charge is 2.49. The highest BCUT2D eigenvalue weighted by Crippen LogP contribution is 2.42. The third-order valence-electron chi connectivity index (χ3n) is 8.45. The lowest BCUT2D eigenvalue weighted by Crippen LogP contribution is -2.47. The van der Waals surface area contributed by atoms with E-state index in [4.69, 9.17) is 9.47 Å². The number of hydrogen-bond donors (Lipinski definition) is 1. The van der Waals surface area contributed by atoms with Crippen molar-refractivity contribution in [3.63, 3.8) is 0 Å². The Hall–Kier alpha value is -3.15. The highest BCUT2D eigenvalue weighted by atomic mass is 16.6. The monoisotopic (exact) mass is 514 g/mol. The highest BCUT2D eigenvalue weighted by molar-refractivity contribution is 5.81. The molecule has 5 rings (SSSR count). The Balaban J connectivity index is 1.11. The fourth-order valence-electron chi connectivity index (χ4n) is 6.24. The molecule has 0 aromatic heterocycles. The molecule has 200 valence electrons. The van der Waals surface area contributed by atoms with Crippen LogP contribution in [0.4, 0.5) is 0 Å². The normalized spacial score (nSPS) is 23.2. The van der Waals surface area contributed by atoms with Gasteiger partial charge in [0.05, 0.1) is 26.7 Å². The summed E-state index contributed by atoms with van der Waals surface area (Å²) in [5.41, 5.74) is 1.47. The van der Waals surface area contributed by atoms with Gasteiger partial charge in [0.1, 0.15) is 12.3 Å². The number of esters is 1. The van der Waals surface area contributed by atoms with Crippen molar-refractivity contribution in [2.45, 2.75) is 50.2 Å². The number of hydrogen-bond acceptors (Lipinski definition) is 4. The van der Waals surface area contributed by atoms with Crippen LogP contribution in [0.25, 0.3) is 11.1 Å². The lowest BCUT2D eigenvalue weighted by atomic mass is 9.80. The van der Waals surface area contributed by atoms with E-state index < -0.39 is 11.6 Å². The third kappa shape index (κ3) is 5.95. The summed E-state index contributed by atoms with van der Waals surface area (Å²) in [5, 5.41) is 11.7. The quantitative estimate of drug-likeness (QED) is 0.206. The first-order chi connectivity index (χ1) is 18.5. The van der Waals surface area contributed by atoms with Crippen molar-refractivity contribution in [1.82, 2.24) is 0 Å². The molecule has 3 unspecified atom stereocenters. The fraction of sp³-hybridized carbons (Fsp3) is 0.424. The third-order valence-corrected chi connectivity index (χ3v) is 8.45. The van der Waals surface area contributed by atoms with Crippen LogP contribution in [0.1, 0.15) is 44.1 Å². The Bertz CT molecular complexity index is 1180. The smallest absolute Gasteiger partial charge is 0.343 e. The van der Waals surface area contributed by atoms with E-state index in [1.807, 2.05) is 60.7 Å². The predicted molar refractivity (Wildman–Crippen MR) is 150 cm³/mol. The summed E-state index contributed by atoms with van der Waals surface area (Å²) in [5.74, 6) is 0.322. The number of carbonyl (C=O) groups excluding carboxylic acids is 1. The van der Waals surface area contributed by atoms with Crippen LogP contribution in [-0.2, 0) is 15.1 Å². The van der Waals surface area contributed by atoms with E-state index in [9.17, 15) is 9.90 Å². The van der Waals surface area contributed by atoms with Crippen molar-refractivity contribution < 1.29 is 23.9 Å². The second kappa shape index (κ2) is 11.7. The van der Waals surface area contributed by atoms with Crippen LogP contribution < -0.4 is 4.74 Å². The fourth-order valence-corrected chi connectivity index (χ4v) is 6.24. The minimum atomic E-state index is -1.56. The van der Waals surface area contributed by atoms with Gasteiger partial charge >= 0.3 is 5.97 Å². The van der Waals surface area contributed by atoms with E-state index in [0.717, 1.165) is 68.4 Å². The molecule has 3 atom stereocenters. The molecule has 3 aromatic rings. The van der Waals surface area contributed by atoms with Gasteiger partial charge in [0.15, 0.2) is 11.7 Å². The Morgan fingerprint density at radius 3 is 2.21 bits per heavy atom. The molecule has 1 aliphatic heterocycles. The molecule has 1 heterocycles. The molecule has 5 nitrogen and oxygen atoms in total. The molecule has 1 saturated carbocycles. The second-order valence-corrected chi connectivity index (χ2v) is 11.3. The lowest BCUT2D eigenvalue weighted by Gasteiger charge is -2.33. The van der Waals surface area contributed by atoms with Gasteiger partial charge in [-0.15, -0.1) is 0 Å². The maximum Gasteiger partial charge on any atom is 0.343 e. The zero-order chi connectivity index (χ0) is 26.4. The SMILES string of the molecule is C[N+]1(CCCOc2ccc(-c3ccccc3)cc2)CCC(OC(=O)C(O)(c2ccccc2)C2CCCC2)C1. The summed E-state index contributed by atoms with van der Waals surface area (Å²) in [7, 11) is 2.23. The first-order valence-corrected chi connectivity index (χ1v) is 14.1. The number of carbonyl (C=O) groups is 1. The minimum absolute atomic E-state index is 0.0846. The molecular weight excluding hydrogens is 474 g/mol. The van der Waals surface area contributed by atoms with Crippen LogP contribution in [0.3, 0.4) is 0 Å². The van der Waals surface area contributed by atoms with Gasteiger partial charge in [0.2, 0.25) is 0 Å². The number of nitrogens with zero attached hydrogens (tertiary/aromatic N) is 1. The molecule has 38 heavy (non-hydrogen) atoms. The lowest BCUT2D eigenvalue weighted by molar-refractivity contribution is -0.899. The van der Waals surface area contributed by atoms with Crippen molar-refractivity contribution in [2.24, 2.45) is 5.92 Å². The van der Waals surface area contributed by atoms with Crippen LogP contribution in [0.15, 0.2) is 84.9 Å². The molecule has 1 N–H and O–H groups in total. The van der Waals surface area contributed by atoms with Crippen molar-refractivity contribution >= 4 is 5.97 Å². The Labute approximate surface area is 226 Å². The van der Waals surface area contributed by atoms with Gasteiger partial charge in [0, 0.05) is 18.8 Å². The van der Waals surface area contributed by atoms with Crippen molar-refractivity contribution in [3.05, 3.63) is 90.5 Å². The zero-order valence-electron chi connectivity index (χ0n) is 22.4. The van der Waals surface area contributed by atoms with Gasteiger partial charge in [-0.1, -0.05) is 85.6 Å².